The van der Waals surface area contributed by atoms with Gasteiger partial charge < -0.3 is 10.6 Å². The van der Waals surface area contributed by atoms with Gasteiger partial charge in [-0.05, 0) is 25.1 Å². The van der Waals surface area contributed by atoms with Crippen molar-refractivity contribution in [3.63, 3.8) is 0 Å². The maximum atomic E-state index is 13.7. The molecule has 0 aliphatic carbocycles. The second-order valence-electron chi connectivity index (χ2n) is 7.99. The molecule has 0 bridgehead atoms. The van der Waals surface area contributed by atoms with Crippen LogP contribution in [0.15, 0.2) is 41.2 Å². The minimum Gasteiger partial charge on any atom is -0.379 e. The third kappa shape index (κ3) is 5.62. The lowest BCUT2D eigenvalue weighted by Gasteiger charge is -2.38. The van der Waals surface area contributed by atoms with Crippen molar-refractivity contribution >= 4 is 29.3 Å². The van der Waals surface area contributed by atoms with Crippen molar-refractivity contribution < 1.29 is 18.0 Å². The molecule has 11 heteroatoms. The Kier molecular flexibility index (Phi) is 7.16. The van der Waals surface area contributed by atoms with E-state index >= 15 is 0 Å². The first-order valence-electron chi connectivity index (χ1n) is 10.5. The Bertz CT molecular complexity index is 1060. The molecule has 0 spiro atoms. The van der Waals surface area contributed by atoms with Crippen LogP contribution in [-0.4, -0.2) is 58.3 Å². The van der Waals surface area contributed by atoms with E-state index in [-0.39, 0.29) is 54.9 Å². The first-order valence-corrected chi connectivity index (χ1v) is 11.8. The summed E-state index contributed by atoms with van der Waals surface area (Å²) < 4.78 is 40.5. The zero-order valence-electron chi connectivity index (χ0n) is 17.9. The fraction of sp³-hybridized carbons (Fsp3) is 0.409. The number of amides is 1. The van der Waals surface area contributed by atoms with E-state index in [2.05, 4.69) is 20.6 Å². The van der Waals surface area contributed by atoms with Crippen LogP contribution < -0.4 is 10.6 Å². The molecular weight excluding hydrogens is 475 g/mol. The highest BCUT2D eigenvalue weighted by Crippen LogP contribution is 2.34. The predicted molar refractivity (Wildman–Crippen MR) is 123 cm³/mol. The molecule has 1 aromatic carbocycles. The monoisotopic (exact) mass is 497 g/mol. The van der Waals surface area contributed by atoms with Crippen LogP contribution >= 0.6 is 23.4 Å². The van der Waals surface area contributed by atoms with Gasteiger partial charge >= 0.3 is 0 Å². The molecule has 2 N–H and O–H groups in total. The number of piperidine rings is 1. The van der Waals surface area contributed by atoms with E-state index in [1.807, 2.05) is 11.8 Å². The average molecular weight is 498 g/mol. The molecule has 1 fully saturated rings. The largest absolute Gasteiger partial charge is 0.379 e. The Morgan fingerprint density at radius 2 is 2.00 bits per heavy atom. The van der Waals surface area contributed by atoms with Crippen molar-refractivity contribution in [3.05, 3.63) is 57.6 Å². The van der Waals surface area contributed by atoms with Crippen molar-refractivity contribution in [2.45, 2.75) is 31.7 Å². The molecule has 2 aliphatic heterocycles. The van der Waals surface area contributed by atoms with Gasteiger partial charge in [0.25, 0.3) is 11.8 Å². The lowest BCUT2D eigenvalue weighted by molar-refractivity contribution is -0.0597. The Morgan fingerprint density at radius 3 is 2.64 bits per heavy atom. The summed E-state index contributed by atoms with van der Waals surface area (Å²) in [7, 11) is 0. The molecular formula is C22H23ClF3N5OS. The van der Waals surface area contributed by atoms with E-state index in [0.29, 0.717) is 11.4 Å². The smallest absolute Gasteiger partial charge is 0.252 e. The molecule has 1 aromatic heterocycles. The molecule has 0 radical (unpaired) electrons. The quantitative estimate of drug-likeness (QED) is 0.620. The first-order chi connectivity index (χ1) is 15.7. The van der Waals surface area contributed by atoms with E-state index in [0.717, 1.165) is 23.0 Å². The van der Waals surface area contributed by atoms with Gasteiger partial charge in [-0.2, -0.15) is 0 Å². The predicted octanol–water partition coefficient (Wildman–Crippen LogP) is 4.29. The number of hydrogen-bond donors (Lipinski definition) is 2. The molecule has 2 aliphatic rings. The van der Waals surface area contributed by atoms with Gasteiger partial charge in [-0.15, -0.1) is 11.8 Å². The fourth-order valence-electron chi connectivity index (χ4n) is 3.90. The van der Waals surface area contributed by atoms with Crippen molar-refractivity contribution in [1.82, 2.24) is 25.5 Å². The zero-order chi connectivity index (χ0) is 23.6. The SMILES string of the molecule is CC1=C(C(CNC(=O)c2cc(-c3ncc(F)cn3)ccc2Cl)N2CCC(F)(F)CC2)SCN1. The summed E-state index contributed by atoms with van der Waals surface area (Å²) in [4.78, 5) is 23.9. The van der Waals surface area contributed by atoms with Crippen LogP contribution in [0.2, 0.25) is 5.02 Å². The number of benzene rings is 1. The number of aromatic nitrogens is 2. The maximum Gasteiger partial charge on any atom is 0.252 e. The molecule has 1 saturated heterocycles. The maximum absolute atomic E-state index is 13.7. The molecule has 0 saturated carbocycles. The van der Waals surface area contributed by atoms with Gasteiger partial charge in [0, 0.05) is 48.6 Å². The third-order valence-electron chi connectivity index (χ3n) is 5.75. The number of carbonyl (C=O) groups is 1. The van der Waals surface area contributed by atoms with Gasteiger partial charge in [0.15, 0.2) is 11.6 Å². The molecule has 6 nitrogen and oxygen atoms in total. The fourth-order valence-corrected chi connectivity index (χ4v) is 5.26. The number of hydrogen-bond acceptors (Lipinski definition) is 6. The van der Waals surface area contributed by atoms with Crippen molar-refractivity contribution in [3.8, 4) is 11.4 Å². The first kappa shape index (κ1) is 23.8. The summed E-state index contributed by atoms with van der Waals surface area (Å²) in [6, 6.07) is 4.55. The lowest BCUT2D eigenvalue weighted by Crippen LogP contribution is -2.50. The number of thioether (sulfide) groups is 1. The molecule has 1 amide bonds. The standard InChI is InChI=1S/C22H23ClF3N5OS/c1-13-19(33-12-30-13)18(31-6-4-22(25,26)5-7-31)11-29-21(32)16-8-14(2-3-17(16)23)20-27-9-15(24)10-28-20/h2-3,8-10,18,30H,4-7,11-12H2,1H3,(H,29,32). The van der Waals surface area contributed by atoms with Crippen LogP contribution in [0.3, 0.4) is 0 Å². The van der Waals surface area contributed by atoms with Gasteiger partial charge in [-0.1, -0.05) is 11.6 Å². The van der Waals surface area contributed by atoms with E-state index < -0.39 is 17.6 Å². The second kappa shape index (κ2) is 9.90. The van der Waals surface area contributed by atoms with Gasteiger partial charge in [0.1, 0.15) is 0 Å². The summed E-state index contributed by atoms with van der Waals surface area (Å²) >= 11 is 7.89. The molecule has 1 atom stereocenters. The highest BCUT2D eigenvalue weighted by molar-refractivity contribution is 8.03. The minimum absolute atomic E-state index is 0.201. The number of allylic oxidation sites excluding steroid dienone is 1. The van der Waals surface area contributed by atoms with E-state index in [1.54, 1.807) is 30.0 Å². The topological polar surface area (TPSA) is 70.2 Å². The zero-order valence-corrected chi connectivity index (χ0v) is 19.4. The lowest BCUT2D eigenvalue weighted by atomic mass is 10.0. The Morgan fingerprint density at radius 1 is 1.30 bits per heavy atom. The average Bonchev–Trinajstić information content (AvgIpc) is 3.21. The van der Waals surface area contributed by atoms with Crippen molar-refractivity contribution in [2.75, 3.05) is 25.5 Å². The molecule has 1 unspecified atom stereocenters. The van der Waals surface area contributed by atoms with E-state index in [1.165, 1.54) is 0 Å². The molecule has 3 heterocycles. The summed E-state index contributed by atoms with van der Waals surface area (Å²) in [6.45, 7) is 2.71. The molecule has 2 aromatic rings. The Hall–Kier alpha value is -2.30. The van der Waals surface area contributed by atoms with Crippen LogP contribution in [-0.2, 0) is 0 Å². The van der Waals surface area contributed by atoms with Gasteiger partial charge in [0.2, 0.25) is 0 Å². The van der Waals surface area contributed by atoms with E-state index in [9.17, 15) is 18.0 Å². The van der Waals surface area contributed by atoms with Crippen LogP contribution in [0.5, 0.6) is 0 Å². The molecule has 176 valence electrons. The van der Waals surface area contributed by atoms with Crippen LogP contribution in [0.4, 0.5) is 13.2 Å². The Labute approximate surface area is 199 Å². The highest BCUT2D eigenvalue weighted by atomic mass is 35.5. The van der Waals surface area contributed by atoms with Crippen molar-refractivity contribution in [2.24, 2.45) is 0 Å². The van der Waals surface area contributed by atoms with Crippen LogP contribution in [0, 0.1) is 5.82 Å². The summed E-state index contributed by atoms with van der Waals surface area (Å²) in [5, 5.41) is 6.42. The van der Waals surface area contributed by atoms with Gasteiger partial charge in [0.05, 0.1) is 34.9 Å². The van der Waals surface area contributed by atoms with Crippen LogP contribution in [0.25, 0.3) is 11.4 Å². The summed E-state index contributed by atoms with van der Waals surface area (Å²) in [5.41, 5.74) is 1.74. The normalized spacial score (nSPS) is 19.3. The van der Waals surface area contributed by atoms with E-state index in [4.69, 9.17) is 11.6 Å². The number of carbonyl (C=O) groups excluding carboxylic acids is 1. The Balaban J connectivity index is 1.51. The van der Waals surface area contributed by atoms with Gasteiger partial charge in [-0.25, -0.2) is 23.1 Å². The molecule has 33 heavy (non-hydrogen) atoms. The highest BCUT2D eigenvalue weighted by Gasteiger charge is 2.38. The third-order valence-corrected chi connectivity index (χ3v) is 7.26. The van der Waals surface area contributed by atoms with Gasteiger partial charge in [-0.3, -0.25) is 9.69 Å². The summed E-state index contributed by atoms with van der Waals surface area (Å²) in [5.74, 6) is -2.63. The second-order valence-corrected chi connectivity index (χ2v) is 9.42. The molecule has 4 rings (SSSR count). The number of nitrogens with zero attached hydrogens (tertiary/aromatic N) is 3. The number of halogens is 4. The van der Waals surface area contributed by atoms with Crippen molar-refractivity contribution in [1.29, 1.82) is 0 Å². The van der Waals surface area contributed by atoms with Crippen LogP contribution in [0.1, 0.15) is 30.1 Å². The number of nitrogens with one attached hydrogen (secondary N) is 2. The number of alkyl halides is 2. The number of rotatable bonds is 6. The minimum atomic E-state index is -2.65. The summed E-state index contributed by atoms with van der Waals surface area (Å²) in [6.07, 6.45) is 1.69. The number of likely N-dealkylation sites (tertiary alicyclic amines) is 1.